The second-order valence-corrected chi connectivity index (χ2v) is 16.3. The summed E-state index contributed by atoms with van der Waals surface area (Å²) in [5.74, 6) is 0.488. The normalized spacial score (nSPS) is 25.2. The van der Waals surface area contributed by atoms with Crippen molar-refractivity contribution in [1.29, 1.82) is 0 Å². The van der Waals surface area contributed by atoms with E-state index in [2.05, 4.69) is 38.6 Å². The molecule has 0 bridgehead atoms. The number of nitrogens with zero attached hydrogens (tertiary/aromatic N) is 2. The van der Waals surface area contributed by atoms with Gasteiger partial charge in [0.1, 0.15) is 29.9 Å². The van der Waals surface area contributed by atoms with Crippen LogP contribution in [0.4, 0.5) is 4.79 Å². The second kappa shape index (κ2) is 18.2. The summed E-state index contributed by atoms with van der Waals surface area (Å²) in [4.78, 5) is 21.3. The Morgan fingerprint density at radius 3 is 2.41 bits per heavy atom. The first-order valence-electron chi connectivity index (χ1n) is 19.7. The summed E-state index contributed by atoms with van der Waals surface area (Å²) in [6.07, 6.45) is 8.70. The van der Waals surface area contributed by atoms with Crippen molar-refractivity contribution in [2.45, 2.75) is 104 Å². The molecule has 2 aliphatic carbocycles. The summed E-state index contributed by atoms with van der Waals surface area (Å²) in [7, 11) is 1.75. The zero-order valence-corrected chi connectivity index (χ0v) is 33.4. The molecular weight excluding hydrogens is 684 g/mol. The number of hydrogen-bond donors (Lipinski definition) is 2. The van der Waals surface area contributed by atoms with Crippen LogP contribution >= 0.6 is 0 Å². The van der Waals surface area contributed by atoms with Crippen LogP contribution in [0, 0.1) is 37.0 Å². The highest BCUT2D eigenvalue weighted by molar-refractivity contribution is 6.02. The van der Waals surface area contributed by atoms with Gasteiger partial charge in [0.25, 0.3) is 0 Å². The van der Waals surface area contributed by atoms with E-state index < -0.39 is 23.8 Å². The Morgan fingerprint density at radius 1 is 1.04 bits per heavy atom. The number of likely N-dealkylation sites (N-methyl/N-ethyl adjacent to an activating group) is 1. The summed E-state index contributed by atoms with van der Waals surface area (Å²) in [5.41, 5.74) is 4.86. The van der Waals surface area contributed by atoms with Crippen molar-refractivity contribution in [2.75, 3.05) is 40.1 Å². The Hall–Kier alpha value is -3.86. The lowest BCUT2D eigenvalue weighted by atomic mass is 9.55. The first-order valence-corrected chi connectivity index (χ1v) is 19.7. The Bertz CT molecular complexity index is 1660. The number of aliphatic hydroxyl groups is 2. The number of oxime groups is 1. The third kappa shape index (κ3) is 9.15. The maximum absolute atomic E-state index is 13.9. The van der Waals surface area contributed by atoms with Gasteiger partial charge in [0.2, 0.25) is 5.79 Å². The van der Waals surface area contributed by atoms with Gasteiger partial charge in [-0.1, -0.05) is 57.0 Å². The minimum Gasteiger partial charge on any atom is -0.459 e. The summed E-state index contributed by atoms with van der Waals surface area (Å²) in [6, 6.07) is 11.4. The van der Waals surface area contributed by atoms with Gasteiger partial charge >= 0.3 is 6.09 Å². The van der Waals surface area contributed by atoms with E-state index in [0.717, 1.165) is 53.8 Å². The Labute approximate surface area is 322 Å². The third-order valence-corrected chi connectivity index (χ3v) is 11.0. The lowest BCUT2D eigenvalue weighted by Gasteiger charge is -2.59. The number of carbonyl (C=O) groups is 1. The highest BCUT2D eigenvalue weighted by Gasteiger charge is 2.65. The van der Waals surface area contributed by atoms with Crippen molar-refractivity contribution in [3.05, 3.63) is 77.4 Å². The fourth-order valence-electron chi connectivity index (χ4n) is 8.35. The van der Waals surface area contributed by atoms with Crippen LogP contribution < -0.4 is 9.47 Å². The lowest BCUT2D eigenvalue weighted by Crippen LogP contribution is -2.69. The average Bonchev–Trinajstić information content (AvgIpc) is 3.14. The van der Waals surface area contributed by atoms with Crippen molar-refractivity contribution >= 4 is 11.8 Å². The van der Waals surface area contributed by atoms with E-state index in [9.17, 15) is 15.0 Å². The van der Waals surface area contributed by atoms with E-state index in [1.807, 2.05) is 52.0 Å². The molecule has 1 fully saturated rings. The summed E-state index contributed by atoms with van der Waals surface area (Å²) >= 11 is 0. The van der Waals surface area contributed by atoms with Gasteiger partial charge in [0.05, 0.1) is 24.8 Å². The maximum atomic E-state index is 13.9. The molecule has 3 aliphatic rings. The molecule has 0 aromatic heterocycles. The number of ether oxygens (including phenoxy) is 4. The number of amides is 1. The topological polar surface area (TPSA) is 119 Å². The molecule has 296 valence electrons. The Kier molecular flexibility index (Phi) is 13.9. The molecule has 6 unspecified atom stereocenters. The van der Waals surface area contributed by atoms with Gasteiger partial charge in [-0.25, -0.2) is 4.79 Å². The smallest absolute Gasteiger partial charge is 0.410 e. The molecule has 1 heterocycles. The van der Waals surface area contributed by atoms with Gasteiger partial charge in [0, 0.05) is 38.2 Å². The van der Waals surface area contributed by atoms with Crippen LogP contribution in [0.3, 0.4) is 0 Å². The molecule has 0 spiro atoms. The second-order valence-electron chi connectivity index (χ2n) is 16.3. The highest BCUT2D eigenvalue weighted by atomic mass is 16.7. The molecular formula is C44H62N2O8. The number of benzene rings is 2. The van der Waals surface area contributed by atoms with E-state index in [1.54, 1.807) is 18.0 Å². The van der Waals surface area contributed by atoms with Crippen LogP contribution in [0.25, 0.3) is 0 Å². The SMILES string of the molecule is C=CCOC12Oc3ccc(Oc4ccc(C)c(C)c4)cc3C3C(CCCCO)C(CCCCO)C=C(C(=NOCC)CC1N(C)C(=O)OCC(C)(C)C)C32. The summed E-state index contributed by atoms with van der Waals surface area (Å²) < 4.78 is 26.5. The molecule has 5 rings (SSSR count). The van der Waals surface area contributed by atoms with Crippen molar-refractivity contribution in [3.8, 4) is 17.2 Å². The van der Waals surface area contributed by atoms with E-state index >= 15 is 0 Å². The largest absolute Gasteiger partial charge is 0.459 e. The molecule has 10 nitrogen and oxygen atoms in total. The fraction of sp³-hybridized carbons (Fsp3) is 0.591. The Morgan fingerprint density at radius 2 is 1.74 bits per heavy atom. The minimum absolute atomic E-state index is 0.112. The lowest BCUT2D eigenvalue weighted by molar-refractivity contribution is -0.253. The molecule has 1 aliphatic heterocycles. The predicted octanol–water partition coefficient (Wildman–Crippen LogP) is 8.86. The third-order valence-electron chi connectivity index (χ3n) is 11.0. The van der Waals surface area contributed by atoms with Gasteiger partial charge in [-0.05, 0) is 111 Å². The zero-order chi connectivity index (χ0) is 39.0. The van der Waals surface area contributed by atoms with E-state index in [4.69, 9.17) is 28.9 Å². The standard InChI is InChI=1S/C44H62N2O8/c1-9-23-51-44-39(46(8)42(49)50-28-43(5,6)7)27-37(45-52-10-2)35-25-31(15-11-13-21-47)34(16-12-14-22-48)40(41(35)44)36-26-33(19-20-38(36)54-44)53-32-18-17-29(3)30(4)24-32/h9,17-20,24-26,31,34,39-41,47-48H,1,10-16,21-23,27-28H2,2-8H3. The van der Waals surface area contributed by atoms with Gasteiger partial charge in [-0.15, -0.1) is 6.58 Å². The first-order chi connectivity index (χ1) is 25.9. The van der Waals surface area contributed by atoms with E-state index in [0.29, 0.717) is 37.4 Å². The number of unbranched alkanes of at least 4 members (excludes halogenated alkanes) is 2. The molecule has 2 N–H and O–H groups in total. The molecule has 54 heavy (non-hydrogen) atoms. The van der Waals surface area contributed by atoms with Gasteiger partial charge < -0.3 is 38.9 Å². The number of rotatable bonds is 17. The molecule has 0 radical (unpaired) electrons. The molecule has 1 amide bonds. The van der Waals surface area contributed by atoms with Crippen LogP contribution in [-0.4, -0.2) is 78.8 Å². The first kappa shape index (κ1) is 41.3. The van der Waals surface area contributed by atoms with Crippen molar-refractivity contribution < 1.29 is 38.8 Å². The van der Waals surface area contributed by atoms with Crippen molar-refractivity contribution in [3.63, 3.8) is 0 Å². The van der Waals surface area contributed by atoms with E-state index in [1.165, 1.54) is 5.56 Å². The van der Waals surface area contributed by atoms with Gasteiger partial charge in [0.15, 0.2) is 0 Å². The minimum atomic E-state index is -1.33. The number of allylic oxidation sites excluding steroid dienone is 1. The number of hydrogen-bond acceptors (Lipinski definition) is 9. The van der Waals surface area contributed by atoms with Crippen LogP contribution in [-0.2, 0) is 14.3 Å². The van der Waals surface area contributed by atoms with Crippen molar-refractivity contribution in [2.24, 2.45) is 28.3 Å². The van der Waals surface area contributed by atoms with Crippen LogP contribution in [0.5, 0.6) is 17.2 Å². The molecule has 0 saturated heterocycles. The maximum Gasteiger partial charge on any atom is 0.410 e. The summed E-state index contributed by atoms with van der Waals surface area (Å²) in [6.45, 7) is 17.2. The quantitative estimate of drug-likeness (QED) is 0.0937. The van der Waals surface area contributed by atoms with Gasteiger partial charge in [-0.2, -0.15) is 0 Å². The molecule has 2 aromatic rings. The highest BCUT2D eigenvalue weighted by Crippen LogP contribution is 2.62. The average molecular weight is 747 g/mol. The number of aryl methyl sites for hydroxylation is 2. The zero-order valence-electron chi connectivity index (χ0n) is 33.4. The molecule has 10 heteroatoms. The van der Waals surface area contributed by atoms with Crippen LogP contribution in [0.1, 0.15) is 95.2 Å². The number of carbonyl (C=O) groups excluding carboxylic acids is 1. The number of aliphatic hydroxyl groups excluding tert-OH is 2. The summed E-state index contributed by atoms with van der Waals surface area (Å²) in [5, 5.41) is 24.4. The predicted molar refractivity (Wildman–Crippen MR) is 211 cm³/mol. The molecule has 2 aromatic carbocycles. The molecule has 6 atom stereocenters. The Balaban J connectivity index is 1.73. The van der Waals surface area contributed by atoms with Crippen molar-refractivity contribution in [1.82, 2.24) is 4.90 Å². The number of fused-ring (bicyclic) bond motifs is 2. The monoisotopic (exact) mass is 746 g/mol. The van der Waals surface area contributed by atoms with E-state index in [-0.39, 0.29) is 49.6 Å². The van der Waals surface area contributed by atoms with Crippen LogP contribution in [0.15, 0.2) is 65.9 Å². The molecule has 1 saturated carbocycles. The van der Waals surface area contributed by atoms with Crippen LogP contribution in [0.2, 0.25) is 0 Å². The van der Waals surface area contributed by atoms with Gasteiger partial charge in [-0.3, -0.25) is 0 Å². The fourth-order valence-corrected chi connectivity index (χ4v) is 8.35.